The van der Waals surface area contributed by atoms with Crippen LogP contribution in [0.2, 0.25) is 0 Å². The van der Waals surface area contributed by atoms with Crippen LogP contribution in [-0.4, -0.2) is 130 Å². The van der Waals surface area contributed by atoms with Crippen LogP contribution < -0.4 is 27.7 Å². The van der Waals surface area contributed by atoms with Crippen molar-refractivity contribution in [1.82, 2.24) is 24.3 Å². The lowest BCUT2D eigenvalue weighted by molar-refractivity contribution is -0.144. The fourth-order valence-electron chi connectivity index (χ4n) is 7.00. The van der Waals surface area contributed by atoms with Crippen LogP contribution in [0.1, 0.15) is 124 Å². The van der Waals surface area contributed by atoms with E-state index in [9.17, 15) is 43.2 Å². The Labute approximate surface area is 444 Å². The topological polar surface area (TPSA) is 248 Å². The highest BCUT2D eigenvalue weighted by Crippen LogP contribution is 2.15. The molecule has 0 aromatic carbocycles. The van der Waals surface area contributed by atoms with Gasteiger partial charge in [-0.05, 0) is 82.3 Å². The predicted octanol–water partition coefficient (Wildman–Crippen LogP) is 6.83. The molecule has 1 aromatic heterocycles. The Morgan fingerprint density at radius 1 is 0.514 bits per heavy atom. The molecular formula is C52H83N5O15S2. The van der Waals surface area contributed by atoms with Crippen molar-refractivity contribution >= 4 is 59.9 Å². The molecule has 1 atom stereocenters. The van der Waals surface area contributed by atoms with Gasteiger partial charge in [0.2, 0.25) is 0 Å². The van der Waals surface area contributed by atoms with Crippen molar-refractivity contribution in [3.8, 4) is 0 Å². The van der Waals surface area contributed by atoms with Gasteiger partial charge >= 0.3 is 47.2 Å². The van der Waals surface area contributed by atoms with Crippen LogP contribution in [-0.2, 0) is 67.2 Å². The summed E-state index contributed by atoms with van der Waals surface area (Å²) in [5.74, 6) is 1.50. The minimum atomic E-state index is -1.21. The summed E-state index contributed by atoms with van der Waals surface area (Å²) in [4.78, 5) is 110. The summed E-state index contributed by atoms with van der Waals surface area (Å²) in [5, 5.41) is 5.28. The van der Waals surface area contributed by atoms with E-state index in [2.05, 4.69) is 36.9 Å². The van der Waals surface area contributed by atoms with Gasteiger partial charge in [0.15, 0.2) is 0 Å². The zero-order valence-electron chi connectivity index (χ0n) is 44.1. The van der Waals surface area contributed by atoms with E-state index in [0.717, 1.165) is 123 Å². The molecule has 0 aliphatic rings. The van der Waals surface area contributed by atoms with Crippen LogP contribution >= 0.6 is 23.5 Å². The highest BCUT2D eigenvalue weighted by atomic mass is 32.2. The van der Waals surface area contributed by atoms with Crippen molar-refractivity contribution in [2.75, 3.05) is 69.3 Å². The maximum atomic E-state index is 13.3. The molecular weight excluding hydrogens is 999 g/mol. The van der Waals surface area contributed by atoms with Crippen molar-refractivity contribution < 1.29 is 57.2 Å². The van der Waals surface area contributed by atoms with E-state index >= 15 is 0 Å². The number of alkyl carbamates (subject to hydrolysis) is 2. The first-order valence-corrected chi connectivity index (χ1v) is 27.9. The van der Waals surface area contributed by atoms with Crippen molar-refractivity contribution in [3.05, 3.63) is 81.6 Å². The lowest BCUT2D eigenvalue weighted by Crippen LogP contribution is -2.54. The molecule has 74 heavy (non-hydrogen) atoms. The number of unbranched alkanes of at least 4 members (excludes halogenated alkanes) is 12. The number of aldehydes is 1. The molecule has 2 amide bonds. The van der Waals surface area contributed by atoms with Crippen molar-refractivity contribution in [3.63, 3.8) is 0 Å². The molecule has 1 heterocycles. The zero-order valence-corrected chi connectivity index (χ0v) is 45.8. The third kappa shape index (κ3) is 30.1. The summed E-state index contributed by atoms with van der Waals surface area (Å²) in [5.41, 5.74) is -3.75. The standard InChI is InChI=1S/C52H83N5O15S2/c1-8-43(59)70-39-51(6,38-67-37-42(5)36-58)53-46(62)68-30-22-18-14-12-16-20-24-32-73-34-26-28-56-48(64)55(11-4)49(65)57(50(56)66)29-27-35-74-33-25-21-17-13-15-19-23-31-69-47(63)54-52(7,40-71-44(60)9-2)41-72-45(61)10-3/h8-10,36H,1-3,5,11-35,37-41H2,4,6-7H3,(H,53,62)(H,54,63). The molecule has 20 nitrogen and oxygen atoms in total. The van der Waals surface area contributed by atoms with Gasteiger partial charge in [-0.3, -0.25) is 4.79 Å². The monoisotopic (exact) mass is 1080 g/mol. The Morgan fingerprint density at radius 2 is 0.851 bits per heavy atom. The molecule has 0 radical (unpaired) electrons. The number of amides is 2. The largest absolute Gasteiger partial charge is 0.460 e. The summed E-state index contributed by atoms with van der Waals surface area (Å²) < 4.78 is 34.8. The van der Waals surface area contributed by atoms with Crippen molar-refractivity contribution in [1.29, 1.82) is 0 Å². The second-order valence-electron chi connectivity index (χ2n) is 18.1. The first-order valence-electron chi connectivity index (χ1n) is 25.6. The number of hydrogen-bond acceptors (Lipinski definition) is 17. The van der Waals surface area contributed by atoms with Crippen molar-refractivity contribution in [2.45, 2.75) is 154 Å². The third-order valence-corrected chi connectivity index (χ3v) is 13.5. The highest BCUT2D eigenvalue weighted by Gasteiger charge is 2.31. The Kier molecular flexibility index (Phi) is 36.1. The molecule has 0 aliphatic heterocycles. The zero-order chi connectivity index (χ0) is 55.0. The van der Waals surface area contributed by atoms with Gasteiger partial charge in [-0.1, -0.05) is 90.5 Å². The van der Waals surface area contributed by atoms with E-state index in [-0.39, 0.29) is 71.5 Å². The molecule has 0 fully saturated rings. The second kappa shape index (κ2) is 40.0. The molecule has 1 rings (SSSR count). The number of nitrogens with zero attached hydrogens (tertiary/aromatic N) is 3. The first-order chi connectivity index (χ1) is 35.5. The van der Waals surface area contributed by atoms with Crippen LogP contribution in [0.15, 0.2) is 64.5 Å². The predicted molar refractivity (Wildman–Crippen MR) is 289 cm³/mol. The molecule has 22 heteroatoms. The Balaban J connectivity index is 2.26. The number of ether oxygens (including phenoxy) is 6. The minimum Gasteiger partial charge on any atom is -0.460 e. The van der Waals surface area contributed by atoms with Crippen LogP contribution in [0, 0.1) is 0 Å². The van der Waals surface area contributed by atoms with Gasteiger partial charge in [0.05, 0.1) is 32.0 Å². The molecule has 418 valence electrons. The Morgan fingerprint density at radius 3 is 1.22 bits per heavy atom. The average Bonchev–Trinajstić information content (AvgIpc) is 3.38. The van der Waals surface area contributed by atoms with Gasteiger partial charge < -0.3 is 39.1 Å². The normalized spacial score (nSPS) is 11.9. The first kappa shape index (κ1) is 66.7. The summed E-state index contributed by atoms with van der Waals surface area (Å²) >= 11 is 3.57. The molecule has 0 saturated carbocycles. The minimum absolute atomic E-state index is 0.0331. The van der Waals surface area contributed by atoms with Crippen LogP contribution in [0.25, 0.3) is 0 Å². The van der Waals surface area contributed by atoms with Gasteiger partial charge in [-0.15, -0.1) is 0 Å². The number of carbonyl (C=O) groups is 6. The molecule has 0 aliphatic carbocycles. The highest BCUT2D eigenvalue weighted by molar-refractivity contribution is 7.99. The van der Waals surface area contributed by atoms with E-state index in [1.165, 1.54) is 9.13 Å². The number of hydrogen-bond donors (Lipinski definition) is 2. The maximum Gasteiger partial charge on any atom is 0.407 e. The Bertz CT molecular complexity index is 2080. The number of rotatable bonds is 45. The Hall–Kier alpha value is -5.35. The average molecular weight is 1080 g/mol. The van der Waals surface area contributed by atoms with Gasteiger partial charge in [0.25, 0.3) is 0 Å². The number of esters is 3. The molecule has 1 unspecified atom stereocenters. The fourth-order valence-corrected chi connectivity index (χ4v) is 8.89. The molecule has 0 spiro atoms. The molecule has 1 aromatic rings. The van der Waals surface area contributed by atoms with Gasteiger partial charge in [0.1, 0.15) is 31.6 Å². The number of carbonyl (C=O) groups excluding carboxylic acids is 6. The lowest BCUT2D eigenvalue weighted by Gasteiger charge is -2.29. The van der Waals surface area contributed by atoms with E-state index in [1.807, 2.05) is 0 Å². The molecule has 0 saturated heterocycles. The number of nitrogens with one attached hydrogen (secondary N) is 2. The molecule has 0 bridgehead atoms. The summed E-state index contributed by atoms with van der Waals surface area (Å²) in [7, 11) is 0. The summed E-state index contributed by atoms with van der Waals surface area (Å²) in [6.45, 7) is 18.9. The SMILES string of the molecule is C=CC(=O)OCC(C)(COCC(=C)C=O)NC(=O)OCCCCCCCCCSCCCn1c(=O)n(CC)c(=O)n(CCCSCCCCCCCCCOC(=O)NC(C)(COC(=O)C=C)COC(=O)C=C)c1=O. The van der Waals surface area contributed by atoms with Crippen LogP contribution in [0.5, 0.6) is 0 Å². The van der Waals surface area contributed by atoms with Crippen molar-refractivity contribution in [2.24, 2.45) is 0 Å². The van der Waals surface area contributed by atoms with Gasteiger partial charge in [-0.25, -0.2) is 52.1 Å². The summed E-state index contributed by atoms with van der Waals surface area (Å²) in [6.07, 6.45) is 17.2. The second-order valence-corrected chi connectivity index (χ2v) is 20.6. The van der Waals surface area contributed by atoms with E-state index in [0.29, 0.717) is 32.0 Å². The smallest absolute Gasteiger partial charge is 0.407 e. The lowest BCUT2D eigenvalue weighted by atomic mass is 10.1. The van der Waals surface area contributed by atoms with Gasteiger partial charge in [0, 0.05) is 43.4 Å². The van der Waals surface area contributed by atoms with E-state index in [4.69, 9.17) is 28.4 Å². The van der Waals surface area contributed by atoms with Gasteiger partial charge in [-0.2, -0.15) is 23.5 Å². The van der Waals surface area contributed by atoms with Crippen LogP contribution in [0.4, 0.5) is 9.59 Å². The number of thioether (sulfide) groups is 2. The quantitative estimate of drug-likeness (QED) is 0.0223. The number of aromatic nitrogens is 3. The maximum absolute atomic E-state index is 13.3. The van der Waals surface area contributed by atoms with Crippen LogP contribution in [0.3, 0.4) is 0 Å². The third-order valence-electron chi connectivity index (χ3n) is 11.2. The van der Waals surface area contributed by atoms with E-state index < -0.39 is 58.2 Å². The summed E-state index contributed by atoms with van der Waals surface area (Å²) in [6, 6.07) is 0. The van der Waals surface area contributed by atoms with E-state index in [1.54, 1.807) is 44.3 Å². The molecule has 2 N–H and O–H groups in total. The fraction of sp³-hybridized carbons (Fsp3) is 0.673.